The lowest BCUT2D eigenvalue weighted by atomic mass is 9.91. The second-order valence-corrected chi connectivity index (χ2v) is 13.1. The van der Waals surface area contributed by atoms with Crippen LogP contribution in [-0.2, 0) is 0 Å². The minimum atomic E-state index is -2.46. The van der Waals surface area contributed by atoms with Gasteiger partial charge in [-0.3, -0.25) is 0 Å². The van der Waals surface area contributed by atoms with E-state index in [9.17, 15) is 0 Å². The average molecular weight is 449 g/mol. The summed E-state index contributed by atoms with van der Waals surface area (Å²) in [6, 6.07) is 47.7. The molecule has 0 amide bonds. The summed E-state index contributed by atoms with van der Waals surface area (Å²) in [5.41, 5.74) is 4.20. The van der Waals surface area contributed by atoms with Gasteiger partial charge in [0.05, 0.1) is 0 Å². The van der Waals surface area contributed by atoms with Gasteiger partial charge in [-0.25, -0.2) is 0 Å². The Morgan fingerprint density at radius 3 is 1.85 bits per heavy atom. The van der Waals surface area contributed by atoms with E-state index in [1.54, 1.807) is 0 Å². The second-order valence-electron chi connectivity index (χ2n) is 9.35. The Morgan fingerprint density at radius 2 is 1.12 bits per heavy atom. The first-order valence-corrected chi connectivity index (χ1v) is 14.0. The van der Waals surface area contributed by atoms with Crippen molar-refractivity contribution < 1.29 is 0 Å². The summed E-state index contributed by atoms with van der Waals surface area (Å²) in [5.74, 6) is 0. The quantitative estimate of drug-likeness (QED) is 0.236. The van der Waals surface area contributed by atoms with E-state index in [1.165, 1.54) is 59.0 Å². The van der Waals surface area contributed by atoms with Crippen LogP contribution in [0.25, 0.3) is 32.7 Å². The van der Waals surface area contributed by atoms with Crippen LogP contribution < -0.4 is 20.7 Å². The SMILES string of the molecule is Cc1cc2c(c3c1ccc1ccccc13)-c1ccccc1[Si]2(c1ccccc1)c1ccccc1. The van der Waals surface area contributed by atoms with Gasteiger partial charge in [-0.15, -0.1) is 0 Å². The maximum atomic E-state index is 2.51. The van der Waals surface area contributed by atoms with E-state index in [1.807, 2.05) is 0 Å². The summed E-state index contributed by atoms with van der Waals surface area (Å²) in [4.78, 5) is 0. The fraction of sp³-hybridized carbons (Fsp3) is 0.0303. The fourth-order valence-electron chi connectivity index (χ4n) is 6.28. The lowest BCUT2D eigenvalue weighted by molar-refractivity contribution is 1.55. The maximum absolute atomic E-state index is 2.51. The van der Waals surface area contributed by atoms with Crippen molar-refractivity contribution in [2.24, 2.45) is 0 Å². The van der Waals surface area contributed by atoms with Crippen LogP contribution >= 0.6 is 0 Å². The Hall–Kier alpha value is -3.94. The van der Waals surface area contributed by atoms with E-state index in [4.69, 9.17) is 0 Å². The van der Waals surface area contributed by atoms with Crippen molar-refractivity contribution in [2.75, 3.05) is 0 Å². The van der Waals surface area contributed by atoms with Gasteiger partial charge in [0, 0.05) is 0 Å². The third kappa shape index (κ3) is 2.48. The number of aryl methyl sites for hydroxylation is 1. The predicted octanol–water partition coefficient (Wildman–Crippen LogP) is 5.66. The van der Waals surface area contributed by atoms with Crippen LogP contribution in [0.5, 0.6) is 0 Å². The fourth-order valence-corrected chi connectivity index (χ4v) is 11.6. The zero-order valence-corrected chi connectivity index (χ0v) is 20.1. The Bertz CT molecular complexity index is 1660. The summed E-state index contributed by atoms with van der Waals surface area (Å²) < 4.78 is 0. The molecule has 0 saturated carbocycles. The molecule has 0 N–H and O–H groups in total. The van der Waals surface area contributed by atoms with E-state index in [0.29, 0.717) is 0 Å². The molecule has 0 nitrogen and oxygen atoms in total. The van der Waals surface area contributed by atoms with E-state index in [2.05, 4.69) is 134 Å². The van der Waals surface area contributed by atoms with Crippen molar-refractivity contribution in [2.45, 2.75) is 6.92 Å². The third-order valence-corrected chi connectivity index (χ3v) is 12.5. The molecule has 1 aliphatic heterocycles. The van der Waals surface area contributed by atoms with Crippen molar-refractivity contribution in [1.29, 1.82) is 0 Å². The molecule has 160 valence electrons. The topological polar surface area (TPSA) is 0 Å². The largest absolute Gasteiger partial charge is 0.180 e. The van der Waals surface area contributed by atoms with Crippen molar-refractivity contribution in [3.8, 4) is 11.1 Å². The van der Waals surface area contributed by atoms with Crippen molar-refractivity contribution >= 4 is 50.4 Å². The maximum Gasteiger partial charge on any atom is 0.180 e. The molecule has 0 aromatic heterocycles. The smallest absolute Gasteiger partial charge is 0.0623 e. The number of fused-ring (bicyclic) bond motifs is 7. The van der Waals surface area contributed by atoms with Crippen LogP contribution in [0.15, 0.2) is 127 Å². The minimum absolute atomic E-state index is 1.30. The first kappa shape index (κ1) is 19.5. The molecule has 0 aliphatic carbocycles. The molecule has 1 heteroatoms. The molecule has 6 aromatic carbocycles. The van der Waals surface area contributed by atoms with Crippen LogP contribution in [-0.4, -0.2) is 8.07 Å². The van der Waals surface area contributed by atoms with Gasteiger partial charge < -0.3 is 0 Å². The summed E-state index contributed by atoms with van der Waals surface area (Å²) in [6.45, 7) is 2.29. The monoisotopic (exact) mass is 448 g/mol. The normalized spacial score (nSPS) is 13.7. The Morgan fingerprint density at radius 1 is 0.500 bits per heavy atom. The Kier molecular flexibility index (Phi) is 4.18. The van der Waals surface area contributed by atoms with Crippen LogP contribution in [0.4, 0.5) is 0 Å². The zero-order valence-electron chi connectivity index (χ0n) is 19.1. The van der Waals surface area contributed by atoms with Crippen LogP contribution in [0, 0.1) is 6.92 Å². The summed E-state index contributed by atoms with van der Waals surface area (Å²) >= 11 is 0. The molecule has 0 saturated heterocycles. The summed E-state index contributed by atoms with van der Waals surface area (Å²) in [5, 5.41) is 11.3. The Labute approximate surface area is 201 Å². The van der Waals surface area contributed by atoms with Crippen molar-refractivity contribution in [1.82, 2.24) is 0 Å². The first-order chi connectivity index (χ1) is 16.8. The standard InChI is InChI=1S/C33H24Si/c1-23-22-31-33(32-27(23)21-20-24-12-8-9-17-28(24)32)29-18-10-11-19-30(29)34(31,25-13-4-2-5-14-25)26-15-6-3-7-16-26/h2-22H,1H3. The summed E-state index contributed by atoms with van der Waals surface area (Å²) in [7, 11) is -2.46. The van der Waals surface area contributed by atoms with Gasteiger partial charge in [0.1, 0.15) is 0 Å². The predicted molar refractivity (Wildman–Crippen MR) is 149 cm³/mol. The van der Waals surface area contributed by atoms with Gasteiger partial charge in [0.15, 0.2) is 8.07 Å². The lowest BCUT2D eigenvalue weighted by Gasteiger charge is -2.31. The third-order valence-electron chi connectivity index (χ3n) is 7.65. The molecule has 0 bridgehead atoms. The molecule has 34 heavy (non-hydrogen) atoms. The van der Waals surface area contributed by atoms with Crippen LogP contribution in [0.2, 0.25) is 0 Å². The highest BCUT2D eigenvalue weighted by atomic mass is 28.3. The zero-order chi connectivity index (χ0) is 22.7. The number of benzene rings is 6. The van der Waals surface area contributed by atoms with Crippen molar-refractivity contribution in [3.63, 3.8) is 0 Å². The molecule has 0 fully saturated rings. The van der Waals surface area contributed by atoms with E-state index >= 15 is 0 Å². The molecule has 0 atom stereocenters. The number of hydrogen-bond donors (Lipinski definition) is 0. The molecular formula is C33H24Si. The van der Waals surface area contributed by atoms with Crippen molar-refractivity contribution in [3.05, 3.63) is 133 Å². The average Bonchev–Trinajstić information content (AvgIpc) is 3.20. The highest BCUT2D eigenvalue weighted by Crippen LogP contribution is 2.39. The van der Waals surface area contributed by atoms with Gasteiger partial charge in [-0.2, -0.15) is 0 Å². The lowest BCUT2D eigenvalue weighted by Crippen LogP contribution is -2.72. The highest BCUT2D eigenvalue weighted by Gasteiger charge is 2.49. The van der Waals surface area contributed by atoms with Gasteiger partial charge in [0.25, 0.3) is 0 Å². The molecule has 0 spiro atoms. The van der Waals surface area contributed by atoms with Gasteiger partial charge in [-0.1, -0.05) is 127 Å². The minimum Gasteiger partial charge on any atom is -0.0623 e. The molecule has 7 rings (SSSR count). The molecule has 1 heterocycles. The first-order valence-electron chi connectivity index (χ1n) is 12.0. The van der Waals surface area contributed by atoms with E-state index < -0.39 is 8.07 Å². The van der Waals surface area contributed by atoms with Gasteiger partial charge in [-0.05, 0) is 65.9 Å². The van der Waals surface area contributed by atoms with E-state index in [-0.39, 0.29) is 0 Å². The molecular weight excluding hydrogens is 424 g/mol. The number of rotatable bonds is 2. The molecule has 6 aromatic rings. The Balaban J connectivity index is 1.77. The second kappa shape index (κ2) is 7.28. The highest BCUT2D eigenvalue weighted by molar-refractivity contribution is 7.22. The molecule has 0 unspecified atom stereocenters. The molecule has 0 radical (unpaired) electrons. The summed E-state index contributed by atoms with van der Waals surface area (Å²) in [6.07, 6.45) is 0. The van der Waals surface area contributed by atoms with Crippen LogP contribution in [0.1, 0.15) is 5.56 Å². The number of hydrogen-bond acceptors (Lipinski definition) is 0. The van der Waals surface area contributed by atoms with Gasteiger partial charge in [0.2, 0.25) is 0 Å². The van der Waals surface area contributed by atoms with Gasteiger partial charge >= 0.3 is 0 Å². The van der Waals surface area contributed by atoms with Crippen LogP contribution in [0.3, 0.4) is 0 Å². The molecule has 1 aliphatic rings. The van der Waals surface area contributed by atoms with E-state index in [0.717, 1.165) is 0 Å².